The van der Waals surface area contributed by atoms with Crippen LogP contribution in [0.1, 0.15) is 12.5 Å². The summed E-state index contributed by atoms with van der Waals surface area (Å²) in [5.41, 5.74) is 0.743. The highest BCUT2D eigenvalue weighted by Gasteiger charge is 2.08. The Labute approximate surface area is 105 Å². The topological polar surface area (TPSA) is 62.1 Å². The number of hydrogen-bond donors (Lipinski definition) is 1. The molecule has 0 atom stereocenters. The molecule has 0 radical (unpaired) electrons. The molecule has 0 spiro atoms. The normalized spacial score (nSPS) is 10.6. The zero-order valence-electron chi connectivity index (χ0n) is 9.94. The molecule has 0 saturated carbocycles. The van der Waals surface area contributed by atoms with E-state index in [-0.39, 0.29) is 18.0 Å². The lowest BCUT2D eigenvalue weighted by atomic mass is 10.2. The summed E-state index contributed by atoms with van der Waals surface area (Å²) >= 11 is 0. The molecule has 1 aromatic rings. The van der Waals surface area contributed by atoms with E-state index in [1.807, 2.05) is 0 Å². The van der Waals surface area contributed by atoms with E-state index in [1.54, 1.807) is 25.1 Å². The van der Waals surface area contributed by atoms with Gasteiger partial charge in [-0.1, -0.05) is 12.1 Å². The van der Waals surface area contributed by atoms with Gasteiger partial charge in [0.15, 0.2) is 5.57 Å². The van der Waals surface area contributed by atoms with Crippen LogP contribution >= 0.6 is 0 Å². The number of nitrogens with one attached hydrogen (secondary N) is 1. The number of nitrogens with zero attached hydrogens (tertiary/aromatic N) is 1. The summed E-state index contributed by atoms with van der Waals surface area (Å²) < 4.78 is 17.3. The molecule has 0 fully saturated rings. The number of rotatable bonds is 5. The highest BCUT2D eigenvalue weighted by Crippen LogP contribution is 2.02. The van der Waals surface area contributed by atoms with Gasteiger partial charge in [-0.2, -0.15) is 5.26 Å². The van der Waals surface area contributed by atoms with E-state index >= 15 is 0 Å². The Morgan fingerprint density at radius 2 is 2.17 bits per heavy atom. The Kier molecular flexibility index (Phi) is 5.39. The quantitative estimate of drug-likeness (QED) is 0.491. The molecule has 1 N–H and O–H groups in total. The van der Waals surface area contributed by atoms with Crippen molar-refractivity contribution >= 4 is 5.97 Å². The maximum absolute atomic E-state index is 12.6. The van der Waals surface area contributed by atoms with Gasteiger partial charge < -0.3 is 10.1 Å². The van der Waals surface area contributed by atoms with Crippen molar-refractivity contribution in [2.24, 2.45) is 0 Å². The van der Waals surface area contributed by atoms with Gasteiger partial charge in [0.25, 0.3) is 0 Å². The lowest BCUT2D eigenvalue weighted by Gasteiger charge is -2.03. The predicted octanol–water partition coefficient (Wildman–Crippen LogP) is 1.89. The minimum atomic E-state index is -0.661. The van der Waals surface area contributed by atoms with Crippen LogP contribution < -0.4 is 5.32 Å². The molecule has 0 aliphatic carbocycles. The molecule has 0 aliphatic rings. The first kappa shape index (κ1) is 13.7. The number of halogens is 1. The van der Waals surface area contributed by atoms with Gasteiger partial charge in [-0.15, -0.1) is 0 Å². The number of esters is 1. The Bertz CT molecular complexity index is 475. The van der Waals surface area contributed by atoms with Crippen molar-refractivity contribution in [3.8, 4) is 6.07 Å². The third-order valence-electron chi connectivity index (χ3n) is 2.08. The number of carbonyl (C=O) groups excluding carboxylic acids is 1. The maximum atomic E-state index is 12.6. The summed E-state index contributed by atoms with van der Waals surface area (Å²) in [6.45, 7) is 2.28. The van der Waals surface area contributed by atoms with E-state index in [9.17, 15) is 9.18 Å². The first-order chi connectivity index (χ1) is 8.67. The van der Waals surface area contributed by atoms with Crippen molar-refractivity contribution in [2.75, 3.05) is 6.61 Å². The van der Waals surface area contributed by atoms with Crippen LogP contribution in [0, 0.1) is 17.1 Å². The molecular weight excluding hydrogens is 235 g/mol. The third kappa shape index (κ3) is 4.26. The average Bonchev–Trinajstić information content (AvgIpc) is 2.37. The van der Waals surface area contributed by atoms with E-state index in [0.29, 0.717) is 6.54 Å². The Morgan fingerprint density at radius 1 is 1.50 bits per heavy atom. The molecule has 0 heterocycles. The van der Waals surface area contributed by atoms with Crippen LogP contribution in [0.25, 0.3) is 0 Å². The molecule has 0 amide bonds. The molecule has 0 saturated heterocycles. The number of hydrogen-bond acceptors (Lipinski definition) is 4. The van der Waals surface area contributed by atoms with Crippen molar-refractivity contribution in [1.82, 2.24) is 5.32 Å². The van der Waals surface area contributed by atoms with Crippen LogP contribution in [0.5, 0.6) is 0 Å². The summed E-state index contributed by atoms with van der Waals surface area (Å²) in [4.78, 5) is 11.3. The first-order valence-corrected chi connectivity index (χ1v) is 5.42. The standard InChI is InChI=1S/C13H13FN2O2/c1-2-18-13(17)11(7-15)9-16-8-10-3-5-12(14)6-4-10/h3-6,9,16H,2,8H2,1H3/b11-9-. The SMILES string of the molecule is CCOC(=O)/C(C#N)=C\NCc1ccc(F)cc1. The van der Waals surface area contributed by atoms with Crippen molar-refractivity contribution in [3.63, 3.8) is 0 Å². The highest BCUT2D eigenvalue weighted by molar-refractivity contribution is 5.92. The number of carbonyl (C=O) groups is 1. The summed E-state index contributed by atoms with van der Waals surface area (Å²) in [7, 11) is 0. The lowest BCUT2D eigenvalue weighted by molar-refractivity contribution is -0.138. The molecule has 0 bridgehead atoms. The van der Waals surface area contributed by atoms with Gasteiger partial charge >= 0.3 is 5.97 Å². The van der Waals surface area contributed by atoms with E-state index in [2.05, 4.69) is 5.32 Å². The van der Waals surface area contributed by atoms with Crippen LogP contribution in [0.4, 0.5) is 4.39 Å². The van der Waals surface area contributed by atoms with E-state index in [1.165, 1.54) is 18.3 Å². The fourth-order valence-corrected chi connectivity index (χ4v) is 1.22. The number of nitriles is 1. The van der Waals surface area contributed by atoms with E-state index < -0.39 is 5.97 Å². The summed E-state index contributed by atoms with van der Waals surface area (Å²) in [6.07, 6.45) is 1.29. The molecule has 0 aromatic heterocycles. The lowest BCUT2D eigenvalue weighted by Crippen LogP contribution is -2.12. The van der Waals surface area contributed by atoms with Crippen LogP contribution in [0.15, 0.2) is 36.0 Å². The van der Waals surface area contributed by atoms with Crippen molar-refractivity contribution in [3.05, 3.63) is 47.4 Å². The smallest absolute Gasteiger partial charge is 0.350 e. The van der Waals surface area contributed by atoms with Crippen LogP contribution in [-0.4, -0.2) is 12.6 Å². The predicted molar refractivity (Wildman–Crippen MR) is 63.6 cm³/mol. The molecule has 0 unspecified atom stereocenters. The van der Waals surface area contributed by atoms with E-state index in [0.717, 1.165) is 5.56 Å². The zero-order valence-corrected chi connectivity index (χ0v) is 9.94. The molecule has 5 heteroatoms. The van der Waals surface area contributed by atoms with Crippen molar-refractivity contribution in [2.45, 2.75) is 13.5 Å². The molecule has 1 rings (SSSR count). The van der Waals surface area contributed by atoms with Gasteiger partial charge in [0.2, 0.25) is 0 Å². The van der Waals surface area contributed by atoms with Crippen LogP contribution in [0.2, 0.25) is 0 Å². The summed E-state index contributed by atoms with van der Waals surface area (Å²) in [5, 5.41) is 11.6. The fraction of sp³-hybridized carbons (Fsp3) is 0.231. The van der Waals surface area contributed by atoms with Crippen LogP contribution in [-0.2, 0) is 16.1 Å². The van der Waals surface area contributed by atoms with Gasteiger partial charge in [-0.25, -0.2) is 9.18 Å². The second-order valence-electron chi connectivity index (χ2n) is 3.40. The monoisotopic (exact) mass is 248 g/mol. The minimum absolute atomic E-state index is 0.0982. The Hall–Kier alpha value is -2.35. The first-order valence-electron chi connectivity index (χ1n) is 5.42. The van der Waals surface area contributed by atoms with Crippen molar-refractivity contribution < 1.29 is 13.9 Å². The maximum Gasteiger partial charge on any atom is 0.350 e. The van der Waals surface area contributed by atoms with Gasteiger partial charge in [-0.3, -0.25) is 0 Å². The zero-order chi connectivity index (χ0) is 13.4. The second kappa shape index (κ2) is 7.07. The molecular formula is C13H13FN2O2. The van der Waals surface area contributed by atoms with Gasteiger partial charge in [0.05, 0.1) is 6.61 Å². The van der Waals surface area contributed by atoms with Gasteiger partial charge in [0.1, 0.15) is 11.9 Å². The summed E-state index contributed by atoms with van der Waals surface area (Å²) in [5.74, 6) is -0.967. The Morgan fingerprint density at radius 3 is 2.72 bits per heavy atom. The molecule has 4 nitrogen and oxygen atoms in total. The minimum Gasteiger partial charge on any atom is -0.462 e. The number of ether oxygens (including phenoxy) is 1. The van der Waals surface area contributed by atoms with Gasteiger partial charge in [-0.05, 0) is 24.6 Å². The van der Waals surface area contributed by atoms with E-state index in [4.69, 9.17) is 10.00 Å². The fourth-order valence-electron chi connectivity index (χ4n) is 1.22. The van der Waals surface area contributed by atoms with Gasteiger partial charge in [0, 0.05) is 12.7 Å². The van der Waals surface area contributed by atoms with Crippen molar-refractivity contribution in [1.29, 1.82) is 5.26 Å². The average molecular weight is 248 g/mol. The largest absolute Gasteiger partial charge is 0.462 e. The molecule has 1 aromatic carbocycles. The summed E-state index contributed by atoms with van der Waals surface area (Å²) in [6, 6.07) is 7.67. The molecule has 94 valence electrons. The highest BCUT2D eigenvalue weighted by atomic mass is 19.1. The molecule has 18 heavy (non-hydrogen) atoms. The number of benzene rings is 1. The second-order valence-corrected chi connectivity index (χ2v) is 3.40. The molecule has 0 aliphatic heterocycles. The van der Waals surface area contributed by atoms with Crippen LogP contribution in [0.3, 0.4) is 0 Å². The Balaban J connectivity index is 2.55. The third-order valence-corrected chi connectivity index (χ3v) is 2.08.